The zero-order valence-electron chi connectivity index (χ0n) is 20.8. The van der Waals surface area contributed by atoms with E-state index in [4.69, 9.17) is 0 Å². The van der Waals surface area contributed by atoms with Gasteiger partial charge in [0.05, 0.1) is 0 Å². The highest BCUT2D eigenvalue weighted by Crippen LogP contribution is 2.22. The third-order valence-electron chi connectivity index (χ3n) is 6.31. The Hall–Kier alpha value is -0.520. The molecule has 0 aliphatic heterocycles. The Morgan fingerprint density at radius 1 is 0.552 bits per heavy atom. The van der Waals surface area contributed by atoms with Crippen LogP contribution in [0.15, 0.2) is 24.3 Å². The number of rotatable bonds is 23. The van der Waals surface area contributed by atoms with E-state index in [9.17, 15) is 0 Å². The van der Waals surface area contributed by atoms with E-state index in [1.165, 1.54) is 140 Å². The topological polar surface area (TPSA) is 0 Å². The molecule has 0 fully saturated rings. The minimum absolute atomic E-state index is 0.786. The van der Waals surface area contributed by atoms with E-state index in [2.05, 4.69) is 39.5 Å². The minimum atomic E-state index is 0.786. The molecule has 172 valence electrons. The SMILES string of the molecule is C=C(/C=C\C(CCCCCCCC)CCCCCCCC)CCCCCCCC. The average molecular weight is 405 g/mol. The van der Waals surface area contributed by atoms with E-state index in [1.54, 1.807) is 0 Å². The Morgan fingerprint density at radius 2 is 0.931 bits per heavy atom. The Bertz CT molecular complexity index is 335. The molecule has 0 radical (unpaired) electrons. The van der Waals surface area contributed by atoms with Gasteiger partial charge in [0, 0.05) is 0 Å². The normalized spacial score (nSPS) is 11.7. The molecule has 0 aromatic carbocycles. The van der Waals surface area contributed by atoms with E-state index >= 15 is 0 Å². The summed E-state index contributed by atoms with van der Waals surface area (Å²) >= 11 is 0. The molecule has 0 unspecified atom stereocenters. The molecule has 0 aliphatic carbocycles. The fourth-order valence-electron chi connectivity index (χ4n) is 4.20. The zero-order chi connectivity index (χ0) is 21.4. The van der Waals surface area contributed by atoms with Gasteiger partial charge in [-0.1, -0.05) is 154 Å². The van der Waals surface area contributed by atoms with Gasteiger partial charge >= 0.3 is 0 Å². The van der Waals surface area contributed by atoms with Gasteiger partial charge in [-0.05, 0) is 31.6 Å². The molecule has 0 N–H and O–H groups in total. The molecule has 0 bridgehead atoms. The summed E-state index contributed by atoms with van der Waals surface area (Å²) in [6, 6.07) is 0. The maximum absolute atomic E-state index is 4.33. The molecule has 0 atom stereocenters. The molecule has 0 saturated carbocycles. The Morgan fingerprint density at radius 3 is 1.38 bits per heavy atom. The molecule has 0 saturated heterocycles. The molecule has 0 heteroatoms. The quantitative estimate of drug-likeness (QED) is 0.117. The minimum Gasteiger partial charge on any atom is -0.0958 e. The molecule has 0 amide bonds. The van der Waals surface area contributed by atoms with Crippen molar-refractivity contribution in [3.05, 3.63) is 24.3 Å². The molecular weight excluding hydrogens is 348 g/mol. The van der Waals surface area contributed by atoms with Crippen LogP contribution < -0.4 is 0 Å². The molecule has 0 nitrogen and oxygen atoms in total. The first-order valence-corrected chi connectivity index (χ1v) is 13.6. The highest BCUT2D eigenvalue weighted by atomic mass is 14.1. The first-order valence-electron chi connectivity index (χ1n) is 13.6. The molecular formula is C29H56. The van der Waals surface area contributed by atoms with Crippen molar-refractivity contribution in [3.63, 3.8) is 0 Å². The summed E-state index contributed by atoms with van der Waals surface area (Å²) in [4.78, 5) is 0. The van der Waals surface area contributed by atoms with Crippen molar-refractivity contribution in [2.75, 3.05) is 0 Å². The zero-order valence-corrected chi connectivity index (χ0v) is 20.8. The maximum atomic E-state index is 4.33. The lowest BCUT2D eigenvalue weighted by atomic mass is 9.93. The number of hydrogen-bond donors (Lipinski definition) is 0. The number of hydrogen-bond acceptors (Lipinski definition) is 0. The fraction of sp³-hybridized carbons (Fsp3) is 0.862. The fourth-order valence-corrected chi connectivity index (χ4v) is 4.20. The molecule has 0 rings (SSSR count). The van der Waals surface area contributed by atoms with Crippen molar-refractivity contribution in [2.45, 2.75) is 156 Å². The lowest BCUT2D eigenvalue weighted by Gasteiger charge is -2.13. The molecule has 0 aromatic rings. The highest BCUT2D eigenvalue weighted by Gasteiger charge is 2.05. The smallest absolute Gasteiger partial charge is 0.0230 e. The standard InChI is InChI=1S/C29H56/c1-5-8-11-14-17-20-23-28(4)26-27-29(24-21-18-15-12-9-6-2)25-22-19-16-13-10-7-3/h26-27,29H,4-25H2,1-3H3/b27-26-. The van der Waals surface area contributed by atoms with Crippen molar-refractivity contribution >= 4 is 0 Å². The van der Waals surface area contributed by atoms with Crippen LogP contribution in [0.4, 0.5) is 0 Å². The van der Waals surface area contributed by atoms with Crippen molar-refractivity contribution in [2.24, 2.45) is 5.92 Å². The van der Waals surface area contributed by atoms with Crippen molar-refractivity contribution in [3.8, 4) is 0 Å². The van der Waals surface area contributed by atoms with Crippen LogP contribution in [-0.4, -0.2) is 0 Å². The Labute approximate surface area is 186 Å². The first kappa shape index (κ1) is 28.5. The molecule has 0 heterocycles. The summed E-state index contributed by atoms with van der Waals surface area (Å²) in [5.41, 5.74) is 1.36. The summed E-state index contributed by atoms with van der Waals surface area (Å²) < 4.78 is 0. The van der Waals surface area contributed by atoms with Gasteiger partial charge in [0.2, 0.25) is 0 Å². The number of allylic oxidation sites excluding steroid dienone is 3. The number of unbranched alkanes of at least 4 members (excludes halogenated alkanes) is 15. The second-order valence-corrected chi connectivity index (χ2v) is 9.41. The van der Waals surface area contributed by atoms with Crippen molar-refractivity contribution in [1.82, 2.24) is 0 Å². The van der Waals surface area contributed by atoms with Gasteiger partial charge in [-0.2, -0.15) is 0 Å². The summed E-state index contributed by atoms with van der Waals surface area (Å²) in [6.07, 6.45) is 34.1. The van der Waals surface area contributed by atoms with Crippen LogP contribution in [0.5, 0.6) is 0 Å². The van der Waals surface area contributed by atoms with E-state index in [0.29, 0.717) is 0 Å². The molecule has 0 spiro atoms. The van der Waals surface area contributed by atoms with E-state index in [0.717, 1.165) is 5.92 Å². The monoisotopic (exact) mass is 404 g/mol. The van der Waals surface area contributed by atoms with Gasteiger partial charge < -0.3 is 0 Å². The van der Waals surface area contributed by atoms with Crippen LogP contribution in [0.1, 0.15) is 156 Å². The first-order chi connectivity index (χ1) is 14.2. The van der Waals surface area contributed by atoms with Crippen LogP contribution in [0, 0.1) is 5.92 Å². The Balaban J connectivity index is 4.11. The van der Waals surface area contributed by atoms with Crippen molar-refractivity contribution in [1.29, 1.82) is 0 Å². The summed E-state index contributed by atoms with van der Waals surface area (Å²) in [5.74, 6) is 0.786. The largest absolute Gasteiger partial charge is 0.0958 e. The summed E-state index contributed by atoms with van der Waals surface area (Å²) in [7, 11) is 0. The molecule has 29 heavy (non-hydrogen) atoms. The van der Waals surface area contributed by atoms with Gasteiger partial charge in [0.1, 0.15) is 0 Å². The third-order valence-corrected chi connectivity index (χ3v) is 6.31. The molecule has 0 aromatic heterocycles. The van der Waals surface area contributed by atoms with E-state index in [-0.39, 0.29) is 0 Å². The van der Waals surface area contributed by atoms with Gasteiger partial charge in [-0.3, -0.25) is 0 Å². The summed E-state index contributed by atoms with van der Waals surface area (Å²) in [6.45, 7) is 11.2. The van der Waals surface area contributed by atoms with Crippen LogP contribution in [0.2, 0.25) is 0 Å². The van der Waals surface area contributed by atoms with Crippen molar-refractivity contribution < 1.29 is 0 Å². The predicted octanol–water partition coefficient (Wildman–Crippen LogP) is 11.0. The average Bonchev–Trinajstić information content (AvgIpc) is 2.73. The van der Waals surface area contributed by atoms with E-state index in [1.807, 2.05) is 0 Å². The second kappa shape index (κ2) is 23.8. The van der Waals surface area contributed by atoms with Gasteiger partial charge in [0.15, 0.2) is 0 Å². The van der Waals surface area contributed by atoms with E-state index < -0.39 is 0 Å². The van der Waals surface area contributed by atoms with Crippen LogP contribution in [0.25, 0.3) is 0 Å². The Kier molecular flexibility index (Phi) is 23.3. The van der Waals surface area contributed by atoms with Crippen LogP contribution in [-0.2, 0) is 0 Å². The summed E-state index contributed by atoms with van der Waals surface area (Å²) in [5, 5.41) is 0. The molecule has 0 aliphatic rings. The highest BCUT2D eigenvalue weighted by molar-refractivity contribution is 5.15. The maximum Gasteiger partial charge on any atom is -0.0230 e. The second-order valence-electron chi connectivity index (χ2n) is 9.41. The van der Waals surface area contributed by atoms with Gasteiger partial charge in [-0.15, -0.1) is 0 Å². The van der Waals surface area contributed by atoms with Crippen LogP contribution in [0.3, 0.4) is 0 Å². The third kappa shape index (κ3) is 22.0. The van der Waals surface area contributed by atoms with Gasteiger partial charge in [-0.25, -0.2) is 0 Å². The van der Waals surface area contributed by atoms with Crippen LogP contribution >= 0.6 is 0 Å². The lowest BCUT2D eigenvalue weighted by molar-refractivity contribution is 0.465. The lowest BCUT2D eigenvalue weighted by Crippen LogP contribution is -1.98. The van der Waals surface area contributed by atoms with Gasteiger partial charge in [0.25, 0.3) is 0 Å². The predicted molar refractivity (Wildman–Crippen MR) is 136 cm³/mol.